The number of likely N-dealkylation sites (tertiary alicyclic amines) is 1. The van der Waals surface area contributed by atoms with E-state index < -0.39 is 16.6 Å². The highest BCUT2D eigenvalue weighted by atomic mass is 32.2. The van der Waals surface area contributed by atoms with Crippen LogP contribution in [-0.4, -0.2) is 44.4 Å². The number of nitrogens with zero attached hydrogens (tertiary/aromatic N) is 2. The molecule has 2 atom stereocenters. The fourth-order valence-electron chi connectivity index (χ4n) is 1.78. The standard InChI is InChI=1S/C14H26N2O3S/c1-13(2,3)19-12(17)16-9-7-8-11(16)10-15-20(18)14(4,5)6/h10-11H,7-9H2,1-6H3. The zero-order valence-corrected chi connectivity index (χ0v) is 14.1. The van der Waals surface area contributed by atoms with E-state index in [4.69, 9.17) is 4.74 Å². The van der Waals surface area contributed by atoms with Crippen LogP contribution in [0.1, 0.15) is 54.4 Å². The largest absolute Gasteiger partial charge is 0.444 e. The van der Waals surface area contributed by atoms with Gasteiger partial charge in [-0.2, -0.15) is 4.40 Å². The van der Waals surface area contributed by atoms with Crippen molar-refractivity contribution in [3.05, 3.63) is 0 Å². The van der Waals surface area contributed by atoms with E-state index >= 15 is 0 Å². The number of amides is 1. The van der Waals surface area contributed by atoms with E-state index in [1.165, 1.54) is 0 Å². The van der Waals surface area contributed by atoms with Gasteiger partial charge < -0.3 is 9.64 Å². The zero-order chi connectivity index (χ0) is 15.6. The molecule has 0 aromatic rings. The highest BCUT2D eigenvalue weighted by Gasteiger charge is 2.31. The topological polar surface area (TPSA) is 59.0 Å². The Hall–Kier alpha value is -0.910. The van der Waals surface area contributed by atoms with Crippen molar-refractivity contribution in [2.75, 3.05) is 6.54 Å². The lowest BCUT2D eigenvalue weighted by Gasteiger charge is -2.27. The van der Waals surface area contributed by atoms with Crippen molar-refractivity contribution < 1.29 is 13.7 Å². The summed E-state index contributed by atoms with van der Waals surface area (Å²) in [6, 6.07) is -0.115. The van der Waals surface area contributed by atoms with Crippen LogP contribution in [-0.2, 0) is 15.7 Å². The molecule has 5 nitrogen and oxygen atoms in total. The fourth-order valence-corrected chi connectivity index (χ4v) is 2.35. The molecule has 1 rings (SSSR count). The third-order valence-corrected chi connectivity index (χ3v) is 4.14. The summed E-state index contributed by atoms with van der Waals surface area (Å²) in [5.41, 5.74) is -0.504. The van der Waals surface area contributed by atoms with Gasteiger partial charge in [-0.1, -0.05) is 0 Å². The van der Waals surface area contributed by atoms with Crippen molar-refractivity contribution in [1.82, 2.24) is 4.90 Å². The number of hydrogen-bond acceptors (Lipinski definition) is 3. The second-order valence-electron chi connectivity index (χ2n) is 7.00. The van der Waals surface area contributed by atoms with Crippen LogP contribution < -0.4 is 0 Å². The Balaban J connectivity index is 2.69. The minimum absolute atomic E-state index is 0.115. The summed E-state index contributed by atoms with van der Waals surface area (Å²) in [6.45, 7) is 11.8. The molecule has 0 spiro atoms. The molecule has 1 heterocycles. The van der Waals surface area contributed by atoms with Crippen molar-refractivity contribution in [1.29, 1.82) is 0 Å². The molecule has 0 saturated carbocycles. The lowest BCUT2D eigenvalue weighted by molar-refractivity contribution is 0.0268. The first-order chi connectivity index (χ1) is 9.00. The predicted molar refractivity (Wildman–Crippen MR) is 82.3 cm³/mol. The van der Waals surface area contributed by atoms with Crippen LogP contribution in [0.4, 0.5) is 4.79 Å². The Bertz CT molecular complexity index is 408. The number of carbonyl (C=O) groups is 1. The lowest BCUT2D eigenvalue weighted by Crippen LogP contribution is -2.40. The Labute approximate surface area is 124 Å². The van der Waals surface area contributed by atoms with E-state index in [0.717, 1.165) is 12.8 Å². The maximum Gasteiger partial charge on any atom is 0.410 e. The van der Waals surface area contributed by atoms with Crippen LogP contribution in [0.2, 0.25) is 0 Å². The van der Waals surface area contributed by atoms with Crippen molar-refractivity contribution in [3.63, 3.8) is 0 Å². The molecule has 0 aliphatic carbocycles. The van der Waals surface area contributed by atoms with E-state index in [0.29, 0.717) is 6.54 Å². The number of carbonyl (C=O) groups excluding carboxylic acids is 1. The molecule has 6 heteroatoms. The third kappa shape index (κ3) is 5.23. The molecule has 0 aromatic carbocycles. The molecule has 1 aliphatic rings. The molecule has 1 aliphatic heterocycles. The molecular formula is C14H26N2O3S. The van der Waals surface area contributed by atoms with Gasteiger partial charge in [0.1, 0.15) is 16.6 Å². The Morgan fingerprint density at radius 3 is 2.40 bits per heavy atom. The summed E-state index contributed by atoms with van der Waals surface area (Å²) in [7, 11) is -1.29. The monoisotopic (exact) mass is 302 g/mol. The number of rotatable bonds is 2. The van der Waals surface area contributed by atoms with Crippen molar-refractivity contribution >= 4 is 23.3 Å². The van der Waals surface area contributed by atoms with E-state index in [1.54, 1.807) is 11.1 Å². The average Bonchev–Trinajstić information content (AvgIpc) is 2.70. The first-order valence-corrected chi connectivity index (χ1v) is 8.07. The van der Waals surface area contributed by atoms with Crippen molar-refractivity contribution in [2.24, 2.45) is 4.40 Å². The van der Waals surface area contributed by atoms with E-state index in [1.807, 2.05) is 41.5 Å². The molecule has 0 radical (unpaired) electrons. The Kier molecular flexibility index (Phi) is 5.35. The van der Waals surface area contributed by atoms with Crippen molar-refractivity contribution in [2.45, 2.75) is 70.8 Å². The van der Waals surface area contributed by atoms with Gasteiger partial charge in [0.2, 0.25) is 0 Å². The summed E-state index contributed by atoms with van der Waals surface area (Å²) in [6.07, 6.45) is 3.06. The summed E-state index contributed by atoms with van der Waals surface area (Å²) in [5, 5.41) is 0. The second kappa shape index (κ2) is 6.24. The normalized spacial score (nSPS) is 22.3. The summed E-state index contributed by atoms with van der Waals surface area (Å²) in [5.74, 6) is 0. The minimum atomic E-state index is -1.29. The number of hydrogen-bond donors (Lipinski definition) is 0. The molecule has 1 fully saturated rings. The Morgan fingerprint density at radius 2 is 1.90 bits per heavy atom. The zero-order valence-electron chi connectivity index (χ0n) is 13.3. The van der Waals surface area contributed by atoms with Gasteiger partial charge in [-0.3, -0.25) is 0 Å². The summed E-state index contributed by atoms with van der Waals surface area (Å²) in [4.78, 5) is 13.7. The highest BCUT2D eigenvalue weighted by molar-refractivity contribution is 7.85. The van der Waals surface area contributed by atoms with Gasteiger partial charge in [0.15, 0.2) is 0 Å². The van der Waals surface area contributed by atoms with Crippen LogP contribution >= 0.6 is 0 Å². The maximum absolute atomic E-state index is 12.1. The first-order valence-electron chi connectivity index (χ1n) is 6.96. The minimum Gasteiger partial charge on any atom is -0.444 e. The smallest absolute Gasteiger partial charge is 0.410 e. The third-order valence-electron chi connectivity index (χ3n) is 2.78. The van der Waals surface area contributed by atoms with Gasteiger partial charge in [0.05, 0.1) is 10.8 Å². The summed E-state index contributed by atoms with van der Waals surface area (Å²) < 4.78 is 21.0. The Morgan fingerprint density at radius 1 is 1.30 bits per heavy atom. The van der Waals surface area contributed by atoms with Crippen LogP contribution in [0.3, 0.4) is 0 Å². The first kappa shape index (κ1) is 17.1. The predicted octanol–water partition coefficient (Wildman–Crippen LogP) is 2.92. The van der Waals surface area contributed by atoms with E-state index in [-0.39, 0.29) is 16.9 Å². The molecular weight excluding hydrogens is 276 g/mol. The summed E-state index contributed by atoms with van der Waals surface area (Å²) >= 11 is 0. The van der Waals surface area contributed by atoms with Gasteiger partial charge in [0.25, 0.3) is 0 Å². The van der Waals surface area contributed by atoms with Crippen LogP contribution in [0, 0.1) is 0 Å². The SMILES string of the molecule is CC(C)(C)OC(=O)N1CCCC1C=NS(=O)C(C)(C)C. The van der Waals surface area contributed by atoms with Gasteiger partial charge in [-0.05, 0) is 54.4 Å². The van der Waals surface area contributed by atoms with Crippen LogP contribution in [0.25, 0.3) is 0 Å². The van der Waals surface area contributed by atoms with Gasteiger partial charge in [-0.25, -0.2) is 9.00 Å². The quantitative estimate of drug-likeness (QED) is 0.737. The van der Waals surface area contributed by atoms with Crippen molar-refractivity contribution in [3.8, 4) is 0 Å². The van der Waals surface area contributed by atoms with E-state index in [2.05, 4.69) is 4.40 Å². The fraction of sp³-hybridized carbons (Fsp3) is 0.857. The molecule has 2 unspecified atom stereocenters. The highest BCUT2D eigenvalue weighted by Crippen LogP contribution is 2.20. The van der Waals surface area contributed by atoms with Gasteiger partial charge in [-0.15, -0.1) is 0 Å². The van der Waals surface area contributed by atoms with Crippen LogP contribution in [0.15, 0.2) is 4.40 Å². The van der Waals surface area contributed by atoms with Gasteiger partial charge in [0, 0.05) is 12.8 Å². The van der Waals surface area contributed by atoms with Crippen LogP contribution in [0.5, 0.6) is 0 Å². The molecule has 0 aromatic heterocycles. The molecule has 0 bridgehead atoms. The molecule has 1 saturated heterocycles. The average molecular weight is 302 g/mol. The molecule has 1 amide bonds. The molecule has 20 heavy (non-hydrogen) atoms. The maximum atomic E-state index is 12.1. The molecule has 0 N–H and O–H groups in total. The number of ether oxygens (including phenoxy) is 1. The lowest BCUT2D eigenvalue weighted by atomic mass is 10.2. The van der Waals surface area contributed by atoms with E-state index in [9.17, 15) is 9.00 Å². The van der Waals surface area contributed by atoms with Gasteiger partial charge >= 0.3 is 6.09 Å². The second-order valence-corrected chi connectivity index (χ2v) is 8.93. The molecule has 116 valence electrons.